The summed E-state index contributed by atoms with van der Waals surface area (Å²) in [5, 5.41) is 22.1. The van der Waals surface area contributed by atoms with E-state index in [1.807, 2.05) is 0 Å². The number of hydrogen-bond acceptors (Lipinski definition) is 12. The number of methoxy groups -OCH3 is 3. The molecule has 3 aliphatic heterocycles. The molecule has 3 heterocycles. The minimum absolute atomic E-state index is 0.280. The maximum atomic E-state index is 13.6. The van der Waals surface area contributed by atoms with Crippen molar-refractivity contribution in [3.8, 4) is 0 Å². The zero-order valence-corrected chi connectivity index (χ0v) is 36.0. The molecular weight excluding hydrogens is 684 g/mol. The predicted octanol–water partition coefficient (Wildman–Crippen LogP) is 4.51. The highest BCUT2D eigenvalue weighted by Gasteiger charge is 2.54. The van der Waals surface area contributed by atoms with Gasteiger partial charge in [0, 0.05) is 52.9 Å². The van der Waals surface area contributed by atoms with E-state index in [2.05, 4.69) is 133 Å². The van der Waals surface area contributed by atoms with Crippen molar-refractivity contribution < 1.29 is 28.6 Å². The third kappa shape index (κ3) is 10.4. The molecule has 0 unspecified atom stereocenters. The second-order valence-corrected chi connectivity index (χ2v) is 20.7. The summed E-state index contributed by atoms with van der Waals surface area (Å²) in [6.07, 6.45) is 3.30. The Labute approximate surface area is 325 Å². The molecule has 3 fully saturated rings. The van der Waals surface area contributed by atoms with E-state index in [9.17, 15) is 14.4 Å². The molecule has 3 aliphatic rings. The van der Waals surface area contributed by atoms with Gasteiger partial charge in [0.15, 0.2) is 0 Å². The Morgan fingerprint density at radius 2 is 0.630 bits per heavy atom. The fourth-order valence-corrected chi connectivity index (χ4v) is 11.3. The Morgan fingerprint density at radius 3 is 0.796 bits per heavy atom. The average molecular weight is 757 g/mol. The molecule has 54 heavy (non-hydrogen) atoms. The minimum Gasteiger partial charge on any atom is -0.468 e. The molecule has 3 saturated heterocycles. The molecule has 0 spiro atoms. The van der Waals surface area contributed by atoms with E-state index in [0.29, 0.717) is 58.2 Å². The van der Waals surface area contributed by atoms with Crippen molar-refractivity contribution in [3.05, 3.63) is 34.9 Å². The molecule has 0 radical (unpaired) electrons. The van der Waals surface area contributed by atoms with Crippen LogP contribution >= 0.6 is 0 Å². The van der Waals surface area contributed by atoms with Gasteiger partial charge in [-0.25, -0.2) is 0 Å². The van der Waals surface area contributed by atoms with Gasteiger partial charge < -0.3 is 30.2 Å². The van der Waals surface area contributed by atoms with Gasteiger partial charge in [0.2, 0.25) is 0 Å². The second kappa shape index (κ2) is 15.0. The van der Waals surface area contributed by atoms with Gasteiger partial charge in [-0.2, -0.15) is 0 Å². The van der Waals surface area contributed by atoms with Gasteiger partial charge in [0.1, 0.15) is 16.6 Å². The van der Waals surface area contributed by atoms with Crippen LogP contribution in [-0.4, -0.2) is 89.1 Å². The number of rotatable bonds is 12. The smallest absolute Gasteiger partial charge is 0.326 e. The van der Waals surface area contributed by atoms with E-state index in [-0.39, 0.29) is 51.1 Å². The molecule has 12 nitrogen and oxygen atoms in total. The van der Waals surface area contributed by atoms with Crippen LogP contribution in [-0.2, 0) is 48.2 Å². The first-order chi connectivity index (χ1) is 24.5. The zero-order valence-electron chi connectivity index (χ0n) is 36.0. The molecule has 6 N–H and O–H groups in total. The van der Waals surface area contributed by atoms with Crippen LogP contribution in [0.1, 0.15) is 138 Å². The topological polar surface area (TPSA) is 151 Å². The maximum absolute atomic E-state index is 13.6. The molecule has 0 amide bonds. The molecule has 12 heteroatoms. The molecule has 4 rings (SSSR count). The van der Waals surface area contributed by atoms with E-state index in [4.69, 9.17) is 14.2 Å². The normalized spacial score (nSPS) is 25.2. The lowest BCUT2D eigenvalue weighted by Crippen LogP contribution is -2.70. The van der Waals surface area contributed by atoms with Crippen LogP contribution in [0.4, 0.5) is 0 Å². The quantitative estimate of drug-likeness (QED) is 0.132. The highest BCUT2D eigenvalue weighted by atomic mass is 16.5. The summed E-state index contributed by atoms with van der Waals surface area (Å²) in [6.45, 7) is 26.6. The Balaban J connectivity index is 1.74. The van der Waals surface area contributed by atoms with Crippen molar-refractivity contribution in [3.63, 3.8) is 0 Å². The average Bonchev–Trinajstić information content (AvgIpc) is 3.00. The number of esters is 3. The molecule has 1 aromatic carbocycles. The van der Waals surface area contributed by atoms with Crippen LogP contribution in [0.3, 0.4) is 0 Å². The van der Waals surface area contributed by atoms with Gasteiger partial charge in [-0.1, -0.05) is 18.2 Å². The van der Waals surface area contributed by atoms with E-state index in [0.717, 1.165) is 16.7 Å². The minimum atomic E-state index is -0.915. The predicted molar refractivity (Wildman–Crippen MR) is 213 cm³/mol. The van der Waals surface area contributed by atoms with Gasteiger partial charge in [0.05, 0.1) is 21.3 Å². The van der Waals surface area contributed by atoms with Crippen LogP contribution in [0.15, 0.2) is 18.2 Å². The lowest BCUT2D eigenvalue weighted by molar-refractivity contribution is -0.153. The Kier molecular flexibility index (Phi) is 12.3. The molecule has 1 aromatic rings. The summed E-state index contributed by atoms with van der Waals surface area (Å²) in [5.74, 6) is -0.841. The van der Waals surface area contributed by atoms with Gasteiger partial charge in [-0.3, -0.25) is 30.3 Å². The third-order valence-corrected chi connectivity index (χ3v) is 11.2. The molecule has 0 atom stereocenters. The Morgan fingerprint density at radius 1 is 0.444 bits per heavy atom. The Bertz CT molecular complexity index is 1320. The largest absolute Gasteiger partial charge is 0.468 e. The van der Waals surface area contributed by atoms with Crippen LogP contribution in [0, 0.1) is 0 Å². The van der Waals surface area contributed by atoms with Gasteiger partial charge in [-0.15, -0.1) is 0 Å². The summed E-state index contributed by atoms with van der Waals surface area (Å²) < 4.78 is 16.3. The van der Waals surface area contributed by atoms with Gasteiger partial charge >= 0.3 is 17.9 Å². The van der Waals surface area contributed by atoms with Crippen LogP contribution in [0.25, 0.3) is 0 Å². The SMILES string of the molecule is COC(=O)C1(NCc2cc(CNC3(C(=O)OC)CC(C)(C)NC(C)(C)C3)cc(CNC3(C(=O)OC)CC(C)(C)NC(C)(C)C3)c2)CC(C)(C)NC(C)(C)C1. The van der Waals surface area contributed by atoms with Crippen molar-refractivity contribution in [1.29, 1.82) is 0 Å². The first-order valence-electron chi connectivity index (χ1n) is 19.5. The number of piperidine rings is 3. The lowest BCUT2D eigenvalue weighted by atomic mass is 9.70. The first kappa shape index (κ1) is 44.1. The van der Waals surface area contributed by atoms with Crippen LogP contribution in [0.5, 0.6) is 0 Å². The number of hydrogen-bond donors (Lipinski definition) is 6. The summed E-state index contributed by atoms with van der Waals surface area (Å²) in [6, 6.07) is 6.38. The van der Waals surface area contributed by atoms with Crippen LogP contribution in [0.2, 0.25) is 0 Å². The number of carbonyl (C=O) groups is 3. The summed E-state index contributed by atoms with van der Waals surface area (Å²) in [7, 11) is 4.35. The second-order valence-electron chi connectivity index (χ2n) is 20.7. The van der Waals surface area contributed by atoms with Crippen molar-refractivity contribution >= 4 is 17.9 Å². The van der Waals surface area contributed by atoms with Gasteiger partial charge in [-0.05, 0) is 138 Å². The summed E-state index contributed by atoms with van der Waals surface area (Å²) in [5.41, 5.74) is -1.74. The van der Waals surface area contributed by atoms with Crippen molar-refractivity contribution in [2.75, 3.05) is 21.3 Å². The fraction of sp³-hybridized carbons (Fsp3) is 0.786. The molecule has 306 valence electrons. The molecule has 0 saturated carbocycles. The molecule has 0 aliphatic carbocycles. The molecule has 0 aromatic heterocycles. The van der Waals surface area contributed by atoms with E-state index < -0.39 is 16.6 Å². The van der Waals surface area contributed by atoms with E-state index in [1.165, 1.54) is 21.3 Å². The number of nitrogens with one attached hydrogen (secondary N) is 6. The van der Waals surface area contributed by atoms with Gasteiger partial charge in [0.25, 0.3) is 0 Å². The van der Waals surface area contributed by atoms with Crippen molar-refractivity contribution in [2.45, 2.75) is 191 Å². The van der Waals surface area contributed by atoms with Crippen molar-refractivity contribution in [2.24, 2.45) is 0 Å². The fourth-order valence-electron chi connectivity index (χ4n) is 11.3. The molecular formula is C42H72N6O6. The maximum Gasteiger partial charge on any atom is 0.326 e. The first-order valence-corrected chi connectivity index (χ1v) is 19.5. The Hall–Kier alpha value is -2.61. The zero-order chi connectivity index (χ0) is 40.8. The van der Waals surface area contributed by atoms with E-state index >= 15 is 0 Å². The summed E-state index contributed by atoms with van der Waals surface area (Å²) in [4.78, 5) is 40.8. The number of ether oxygens (including phenoxy) is 3. The highest BCUT2D eigenvalue weighted by molar-refractivity contribution is 5.82. The van der Waals surface area contributed by atoms with Crippen LogP contribution < -0.4 is 31.9 Å². The standard InChI is InChI=1S/C42H72N6O6/c1-34(2)22-40(31(49)52-13,23-35(3,4)46-34)43-19-28-16-29(20-44-41(32(50)53-14)24-36(5,6)47-37(7,8)25-41)18-30(17-28)21-45-42(33(51)54-15)26-38(9,10)48-39(11,12)27-42/h16-18,43-48H,19-27H2,1-15H3. The number of benzene rings is 1. The molecule has 0 bridgehead atoms. The lowest BCUT2D eigenvalue weighted by Gasteiger charge is -2.52. The number of carbonyl (C=O) groups excluding carboxylic acids is 3. The van der Waals surface area contributed by atoms with Crippen molar-refractivity contribution in [1.82, 2.24) is 31.9 Å². The van der Waals surface area contributed by atoms with E-state index in [1.54, 1.807) is 0 Å². The highest BCUT2D eigenvalue weighted by Crippen LogP contribution is 2.40. The third-order valence-electron chi connectivity index (χ3n) is 11.2. The summed E-state index contributed by atoms with van der Waals surface area (Å²) >= 11 is 0. The monoisotopic (exact) mass is 757 g/mol.